The highest BCUT2D eigenvalue weighted by molar-refractivity contribution is 5.95. The SMILES string of the molecule is Cc1cc(C)c(N(c2ccc(N(c3ccc(-c4ccccc4)cc3)c3nc(-c4ccccc4)nc(-c4cccc5ccccc45)n3)cc2)c2c(C)cc(C)cc2C)c(C)c1. The van der Waals surface area contributed by atoms with Crippen LogP contribution in [-0.4, -0.2) is 15.0 Å². The van der Waals surface area contributed by atoms with E-state index in [0.29, 0.717) is 17.6 Å². The molecule has 0 saturated heterocycles. The van der Waals surface area contributed by atoms with Crippen molar-refractivity contribution in [3.8, 4) is 33.9 Å². The van der Waals surface area contributed by atoms with Crippen molar-refractivity contribution in [1.29, 1.82) is 0 Å². The van der Waals surface area contributed by atoms with Crippen LogP contribution in [0.3, 0.4) is 0 Å². The van der Waals surface area contributed by atoms with Gasteiger partial charge in [0.1, 0.15) is 0 Å². The minimum absolute atomic E-state index is 0.527. The van der Waals surface area contributed by atoms with Gasteiger partial charge in [0.25, 0.3) is 0 Å². The maximum Gasteiger partial charge on any atom is 0.238 e. The fourth-order valence-electron chi connectivity index (χ4n) is 8.71. The Bertz CT molecular complexity index is 2870. The van der Waals surface area contributed by atoms with Gasteiger partial charge in [0.2, 0.25) is 5.95 Å². The quantitative estimate of drug-likeness (QED) is 0.146. The standard InChI is InChI=1S/C55H47N5/c1-36-32-38(3)51(39(4)33-36)60(52-40(5)34-37(2)35-41(52)6)48-30-28-47(29-31-48)59(46-26-24-43(25-27-46)42-16-9-7-10-17-42)55-57-53(45-19-11-8-12-20-45)56-54(58-55)50-23-15-21-44-18-13-14-22-49(44)50/h7-35H,1-6H3. The summed E-state index contributed by atoms with van der Waals surface area (Å²) < 4.78 is 0. The van der Waals surface area contributed by atoms with E-state index in [1.54, 1.807) is 0 Å². The average molecular weight is 778 g/mol. The van der Waals surface area contributed by atoms with Gasteiger partial charge in [-0.05, 0) is 122 Å². The van der Waals surface area contributed by atoms with Crippen molar-refractivity contribution >= 4 is 45.2 Å². The van der Waals surface area contributed by atoms with Crippen LogP contribution in [0.1, 0.15) is 33.4 Å². The lowest BCUT2D eigenvalue weighted by molar-refractivity contribution is 1.02. The van der Waals surface area contributed by atoms with E-state index in [0.717, 1.165) is 50.1 Å². The van der Waals surface area contributed by atoms with Crippen LogP contribution in [0.4, 0.5) is 34.4 Å². The van der Waals surface area contributed by atoms with Crippen LogP contribution in [0.25, 0.3) is 44.7 Å². The van der Waals surface area contributed by atoms with Gasteiger partial charge in [0.15, 0.2) is 11.6 Å². The molecular weight excluding hydrogens is 731 g/mol. The first kappa shape index (κ1) is 38.2. The van der Waals surface area contributed by atoms with Gasteiger partial charge in [-0.3, -0.25) is 4.90 Å². The number of aryl methyl sites for hydroxylation is 6. The minimum Gasteiger partial charge on any atom is -0.309 e. The number of benzene rings is 8. The molecule has 1 aromatic heterocycles. The summed E-state index contributed by atoms with van der Waals surface area (Å²) in [5.74, 6) is 1.74. The second-order valence-electron chi connectivity index (χ2n) is 15.8. The third kappa shape index (κ3) is 7.42. The molecule has 0 aliphatic carbocycles. The fraction of sp³-hybridized carbons (Fsp3) is 0.109. The molecule has 0 N–H and O–H groups in total. The van der Waals surface area contributed by atoms with Gasteiger partial charge in [-0.25, -0.2) is 4.98 Å². The maximum atomic E-state index is 5.32. The number of rotatable bonds is 9. The molecular formula is C55H47N5. The zero-order chi connectivity index (χ0) is 41.3. The molecule has 292 valence electrons. The van der Waals surface area contributed by atoms with Crippen molar-refractivity contribution in [2.75, 3.05) is 9.80 Å². The number of anilines is 6. The van der Waals surface area contributed by atoms with Crippen LogP contribution in [-0.2, 0) is 0 Å². The van der Waals surface area contributed by atoms with Crippen molar-refractivity contribution in [3.63, 3.8) is 0 Å². The second kappa shape index (κ2) is 16.1. The lowest BCUT2D eigenvalue weighted by atomic mass is 9.98. The summed E-state index contributed by atoms with van der Waals surface area (Å²) in [6.07, 6.45) is 0. The molecule has 0 unspecified atom stereocenters. The molecule has 8 aromatic carbocycles. The first-order valence-electron chi connectivity index (χ1n) is 20.5. The van der Waals surface area contributed by atoms with Gasteiger partial charge in [-0.1, -0.05) is 151 Å². The van der Waals surface area contributed by atoms with Crippen molar-refractivity contribution in [1.82, 2.24) is 15.0 Å². The lowest BCUT2D eigenvalue weighted by Gasteiger charge is -2.32. The monoisotopic (exact) mass is 777 g/mol. The van der Waals surface area contributed by atoms with Gasteiger partial charge in [0, 0.05) is 28.2 Å². The summed E-state index contributed by atoms with van der Waals surface area (Å²) in [4.78, 5) is 20.3. The molecule has 0 atom stereocenters. The molecule has 0 aliphatic heterocycles. The number of fused-ring (bicyclic) bond motifs is 1. The Hall–Kier alpha value is -7.37. The lowest BCUT2D eigenvalue weighted by Crippen LogP contribution is -2.17. The van der Waals surface area contributed by atoms with Crippen molar-refractivity contribution in [3.05, 3.63) is 209 Å². The van der Waals surface area contributed by atoms with E-state index in [1.807, 2.05) is 24.3 Å². The van der Waals surface area contributed by atoms with Gasteiger partial charge in [-0.2, -0.15) is 9.97 Å². The molecule has 0 spiro atoms. The molecule has 0 saturated carbocycles. The van der Waals surface area contributed by atoms with E-state index >= 15 is 0 Å². The van der Waals surface area contributed by atoms with Crippen LogP contribution in [0, 0.1) is 41.5 Å². The number of aromatic nitrogens is 3. The molecule has 0 radical (unpaired) electrons. The van der Waals surface area contributed by atoms with Gasteiger partial charge >= 0.3 is 0 Å². The second-order valence-corrected chi connectivity index (χ2v) is 15.8. The molecule has 5 nitrogen and oxygen atoms in total. The third-order valence-electron chi connectivity index (χ3n) is 11.2. The van der Waals surface area contributed by atoms with Crippen molar-refractivity contribution in [2.24, 2.45) is 0 Å². The smallest absolute Gasteiger partial charge is 0.238 e. The summed E-state index contributed by atoms with van der Waals surface area (Å²) in [5.41, 5.74) is 16.9. The Balaban J connectivity index is 1.25. The Morgan fingerprint density at radius 3 is 1.35 bits per heavy atom. The first-order chi connectivity index (χ1) is 29.2. The van der Waals surface area contributed by atoms with E-state index in [4.69, 9.17) is 15.0 Å². The van der Waals surface area contributed by atoms with E-state index in [-0.39, 0.29) is 0 Å². The van der Waals surface area contributed by atoms with E-state index in [9.17, 15) is 0 Å². The normalized spacial score (nSPS) is 11.2. The number of hydrogen-bond acceptors (Lipinski definition) is 5. The molecule has 9 aromatic rings. The van der Waals surface area contributed by atoms with Crippen LogP contribution in [0.5, 0.6) is 0 Å². The zero-order valence-corrected chi connectivity index (χ0v) is 35.0. The van der Waals surface area contributed by atoms with Crippen LogP contribution < -0.4 is 9.80 Å². The molecule has 9 rings (SSSR count). The predicted molar refractivity (Wildman–Crippen MR) is 251 cm³/mol. The summed E-state index contributed by atoms with van der Waals surface area (Å²) in [6, 6.07) is 61.9. The molecule has 60 heavy (non-hydrogen) atoms. The molecule has 0 amide bonds. The molecule has 0 bridgehead atoms. The minimum atomic E-state index is 0.527. The molecule has 0 aliphatic rings. The topological polar surface area (TPSA) is 45.2 Å². The molecule has 1 heterocycles. The van der Waals surface area contributed by atoms with Crippen molar-refractivity contribution in [2.45, 2.75) is 41.5 Å². The van der Waals surface area contributed by atoms with E-state index < -0.39 is 0 Å². The largest absolute Gasteiger partial charge is 0.309 e. The van der Waals surface area contributed by atoms with Gasteiger partial charge in [-0.15, -0.1) is 0 Å². The molecule has 5 heteroatoms. The fourth-order valence-corrected chi connectivity index (χ4v) is 8.71. The Kier molecular flexibility index (Phi) is 10.2. The highest BCUT2D eigenvalue weighted by Gasteiger charge is 2.24. The van der Waals surface area contributed by atoms with Crippen molar-refractivity contribution < 1.29 is 0 Å². The maximum absolute atomic E-state index is 5.32. The van der Waals surface area contributed by atoms with Crippen LogP contribution in [0.15, 0.2) is 176 Å². The first-order valence-corrected chi connectivity index (χ1v) is 20.5. The highest BCUT2D eigenvalue weighted by Crippen LogP contribution is 2.44. The molecule has 0 fully saturated rings. The average Bonchev–Trinajstić information content (AvgIpc) is 3.26. The summed E-state index contributed by atoms with van der Waals surface area (Å²) in [5, 5.41) is 2.22. The number of nitrogens with zero attached hydrogens (tertiary/aromatic N) is 5. The summed E-state index contributed by atoms with van der Waals surface area (Å²) >= 11 is 0. The number of hydrogen-bond donors (Lipinski definition) is 0. The van der Waals surface area contributed by atoms with Crippen LogP contribution >= 0.6 is 0 Å². The van der Waals surface area contributed by atoms with Gasteiger partial charge < -0.3 is 4.90 Å². The summed E-state index contributed by atoms with van der Waals surface area (Å²) in [7, 11) is 0. The Morgan fingerprint density at radius 2 is 0.783 bits per heavy atom. The Morgan fingerprint density at radius 1 is 0.350 bits per heavy atom. The van der Waals surface area contributed by atoms with Crippen LogP contribution in [0.2, 0.25) is 0 Å². The predicted octanol–water partition coefficient (Wildman–Crippen LogP) is 14.8. The summed E-state index contributed by atoms with van der Waals surface area (Å²) in [6.45, 7) is 13.2. The zero-order valence-electron chi connectivity index (χ0n) is 35.0. The van der Waals surface area contributed by atoms with Gasteiger partial charge in [0.05, 0.1) is 11.4 Å². The van der Waals surface area contributed by atoms with E-state index in [1.165, 1.54) is 44.8 Å². The Labute approximate surface area is 353 Å². The highest BCUT2D eigenvalue weighted by atomic mass is 15.3. The van der Waals surface area contributed by atoms with E-state index in [2.05, 4.69) is 203 Å². The third-order valence-corrected chi connectivity index (χ3v) is 11.2.